The van der Waals surface area contributed by atoms with Crippen LogP contribution >= 0.6 is 31.9 Å². The van der Waals surface area contributed by atoms with Gasteiger partial charge < -0.3 is 15.1 Å². The minimum absolute atomic E-state index is 0.0311. The normalized spacial score (nSPS) is 15.2. The first-order valence-electron chi connectivity index (χ1n) is 30.8. The summed E-state index contributed by atoms with van der Waals surface area (Å²) in [6, 6.07) is 33.5. The van der Waals surface area contributed by atoms with E-state index in [0.29, 0.717) is 80.1 Å². The monoisotopic (exact) mass is 1470 g/mol. The quantitative estimate of drug-likeness (QED) is 0.0980. The van der Waals surface area contributed by atoms with Gasteiger partial charge in [0.05, 0.1) is 70.6 Å². The molecule has 0 aliphatic carbocycles. The van der Waals surface area contributed by atoms with Crippen molar-refractivity contribution in [1.82, 2.24) is 68.6 Å². The van der Waals surface area contributed by atoms with Gasteiger partial charge in [-0.15, -0.1) is 5.10 Å². The molecule has 0 saturated heterocycles. The Hall–Kier alpha value is -10.2. The van der Waals surface area contributed by atoms with E-state index in [-0.39, 0.29) is 87.1 Å². The number of hydrogen-bond acceptors (Lipinski definition) is 11. The largest absolute Gasteiger partial charge is 0.453 e. The Balaban J connectivity index is 0.775. The minimum Gasteiger partial charge on any atom is -0.364 e. The first kappa shape index (κ1) is 65.1. The van der Waals surface area contributed by atoms with Gasteiger partial charge in [-0.05, 0) is 126 Å². The van der Waals surface area contributed by atoms with Crippen LogP contribution in [0.15, 0.2) is 164 Å². The zero-order valence-electron chi connectivity index (χ0n) is 51.5. The smallest absolute Gasteiger partial charge is 0.364 e. The molecule has 2 N–H and O–H groups in total. The van der Waals surface area contributed by atoms with Gasteiger partial charge in [0.2, 0.25) is 0 Å². The highest BCUT2D eigenvalue weighted by molar-refractivity contribution is 9.10. The number of aromatic amines is 1. The molecular formula is C68H52Br2F9N15O4. The average molecular weight is 1470 g/mol. The molecule has 500 valence electrons. The van der Waals surface area contributed by atoms with E-state index in [2.05, 4.69) is 62.9 Å². The number of H-pyrrole nitrogens is 1. The van der Waals surface area contributed by atoms with Crippen LogP contribution in [0.4, 0.5) is 45.3 Å². The van der Waals surface area contributed by atoms with Crippen molar-refractivity contribution < 1.29 is 49.1 Å². The van der Waals surface area contributed by atoms with Crippen LogP contribution in [-0.4, -0.2) is 92.5 Å². The zero-order valence-corrected chi connectivity index (χ0v) is 54.7. The lowest BCUT2D eigenvalue weighted by atomic mass is 9.94. The second kappa shape index (κ2) is 25.0. The van der Waals surface area contributed by atoms with Crippen LogP contribution in [0, 0.1) is 0 Å². The van der Waals surface area contributed by atoms with Crippen molar-refractivity contribution in [2.45, 2.75) is 103 Å². The number of halogens is 11. The van der Waals surface area contributed by atoms with E-state index in [1.807, 2.05) is 67.6 Å². The first-order valence-corrected chi connectivity index (χ1v) is 32.3. The minimum atomic E-state index is -4.89. The predicted octanol–water partition coefficient (Wildman–Crippen LogP) is 13.5. The predicted molar refractivity (Wildman–Crippen MR) is 348 cm³/mol. The summed E-state index contributed by atoms with van der Waals surface area (Å²) in [5.74, 6) is -2.21. The number of hydrogen-bond donors (Lipinski definition) is 2. The van der Waals surface area contributed by atoms with Crippen LogP contribution in [0.5, 0.6) is 0 Å². The molecule has 0 radical (unpaired) electrons. The molecule has 14 rings (SSSR count). The third-order valence-corrected chi connectivity index (χ3v) is 19.3. The number of carbonyl (C=O) groups excluding carboxylic acids is 2. The molecule has 0 fully saturated rings. The van der Waals surface area contributed by atoms with Crippen LogP contribution in [0.3, 0.4) is 0 Å². The maximum absolute atomic E-state index is 15.3. The van der Waals surface area contributed by atoms with Crippen molar-refractivity contribution >= 4 is 71.7 Å². The molecule has 0 unspecified atom stereocenters. The fourth-order valence-electron chi connectivity index (χ4n) is 13.2. The number of tetrazole rings is 1. The Labute approximate surface area is 565 Å². The molecule has 12 aromatic rings. The van der Waals surface area contributed by atoms with Crippen LogP contribution in [0.2, 0.25) is 0 Å². The fourth-order valence-corrected chi connectivity index (χ4v) is 14.2. The molecule has 2 aliphatic rings. The summed E-state index contributed by atoms with van der Waals surface area (Å²) in [4.78, 5) is 62.0. The van der Waals surface area contributed by atoms with E-state index in [1.165, 1.54) is 56.4 Å². The number of fused-ring (bicyclic) bond motifs is 7. The number of aromatic nitrogens is 12. The number of nitrogens with one attached hydrogen (secondary N) is 2. The third kappa shape index (κ3) is 11.9. The Morgan fingerprint density at radius 2 is 1.16 bits per heavy atom. The highest BCUT2D eigenvalue weighted by Crippen LogP contribution is 2.40. The van der Waals surface area contributed by atoms with E-state index in [1.54, 1.807) is 45.4 Å². The second-order valence-electron chi connectivity index (χ2n) is 24.1. The van der Waals surface area contributed by atoms with Gasteiger partial charge in [0, 0.05) is 85.6 Å². The SMILES string of the molecule is CCC[C@H]1Cc2c(n3ncc(Cc4ccccc4)c3n(-c3ccc4c(NCc5cccc(Cc6cnn7c8c(c(=O)n(-c9ccc(-n%10nnnc%10C(F)(F)F)cc9)c67)C[C@@H](C)N(C(=O)c6ccc(Br)c(C(F)(F)F)c6)C8)c5)n[nH]c4c3)c2=O)CN1C(=O)c1ccc(Br)c(C(F)(F)F)c1. The second-order valence-corrected chi connectivity index (χ2v) is 25.8. The molecule has 0 bridgehead atoms. The lowest BCUT2D eigenvalue weighted by molar-refractivity contribution is -0.146. The molecule has 0 spiro atoms. The molecule has 6 aromatic heterocycles. The summed E-state index contributed by atoms with van der Waals surface area (Å²) in [6.45, 7) is 3.54. The van der Waals surface area contributed by atoms with Crippen LogP contribution in [0.25, 0.3) is 39.3 Å². The van der Waals surface area contributed by atoms with E-state index in [9.17, 15) is 49.1 Å². The number of nitrogens with zero attached hydrogens (tertiary/aromatic N) is 13. The molecule has 2 atom stereocenters. The molecule has 19 nitrogen and oxygen atoms in total. The molecule has 30 heteroatoms. The molecule has 98 heavy (non-hydrogen) atoms. The van der Waals surface area contributed by atoms with E-state index < -0.39 is 64.9 Å². The van der Waals surface area contributed by atoms with Gasteiger partial charge in [-0.25, -0.2) is 9.03 Å². The Morgan fingerprint density at radius 3 is 1.78 bits per heavy atom. The van der Waals surface area contributed by atoms with Crippen molar-refractivity contribution in [3.8, 4) is 17.1 Å². The summed E-state index contributed by atoms with van der Waals surface area (Å²) in [5.41, 5.74) is 3.81. The number of amides is 2. The number of alkyl halides is 9. The van der Waals surface area contributed by atoms with E-state index in [0.717, 1.165) is 34.9 Å². The summed E-state index contributed by atoms with van der Waals surface area (Å²) in [7, 11) is 0. The van der Waals surface area contributed by atoms with Gasteiger partial charge in [-0.3, -0.25) is 33.4 Å². The van der Waals surface area contributed by atoms with Crippen LogP contribution in [-0.2, 0) is 63.8 Å². The summed E-state index contributed by atoms with van der Waals surface area (Å²) in [5, 5.41) is 31.4. The fraction of sp³-hybridized carbons (Fsp3) is 0.235. The summed E-state index contributed by atoms with van der Waals surface area (Å²) >= 11 is 5.93. The summed E-state index contributed by atoms with van der Waals surface area (Å²) < 4.78 is 133. The third-order valence-electron chi connectivity index (χ3n) is 17.9. The zero-order chi connectivity index (χ0) is 68.9. The Bertz CT molecular complexity index is 5290. The van der Waals surface area contributed by atoms with E-state index >= 15 is 9.59 Å². The van der Waals surface area contributed by atoms with Gasteiger partial charge in [-0.2, -0.15) is 59.5 Å². The van der Waals surface area contributed by atoms with Crippen LogP contribution < -0.4 is 16.4 Å². The lowest BCUT2D eigenvalue weighted by Gasteiger charge is -2.37. The molecule has 2 amide bonds. The van der Waals surface area contributed by atoms with Gasteiger partial charge in [0.1, 0.15) is 11.3 Å². The maximum Gasteiger partial charge on any atom is 0.453 e. The molecule has 6 aromatic carbocycles. The topological polar surface area (TPSA) is 204 Å². The van der Waals surface area contributed by atoms with Crippen LogP contribution in [0.1, 0.15) is 115 Å². The lowest BCUT2D eigenvalue weighted by Crippen LogP contribution is -2.47. The van der Waals surface area contributed by atoms with Crippen molar-refractivity contribution in [3.63, 3.8) is 0 Å². The number of benzene rings is 6. The summed E-state index contributed by atoms with van der Waals surface area (Å²) in [6.07, 6.45) is -9.43. The van der Waals surface area contributed by atoms with Crippen molar-refractivity contribution in [2.24, 2.45) is 0 Å². The Morgan fingerprint density at radius 1 is 0.612 bits per heavy atom. The van der Waals surface area contributed by atoms with Gasteiger partial charge >= 0.3 is 18.5 Å². The van der Waals surface area contributed by atoms with Crippen molar-refractivity contribution in [2.75, 3.05) is 5.32 Å². The van der Waals surface area contributed by atoms with Gasteiger partial charge in [0.25, 0.3) is 28.8 Å². The number of carbonyl (C=O) groups is 2. The molecule has 8 heterocycles. The standard InChI is InChI=1S/C68H52Br2F9N15O4/c1-3-8-46-29-50-57(35-89(46)62(96)41-14-22-54(70)52(28-41)67(74,75)76)94-60(42(32-81-94)25-37-9-5-4-6-10-37)91(64(50)98)47-19-20-48-55(30-47)83-84-58(48)80-31-39-12-7-11-38(24-39)26-43-33-82-93-56-34-88(61(95)40-13-21-53(69)51(27-40)66(71,72)73)36(2)23-49(56)63(97)90(59(43)93)44-15-17-45(18-16-44)92-65(68(77,78)79)85-86-87-92/h4-7,9-22,24,27-28,30,32-33,36,46H,3,8,23,25-26,29,31,34-35H2,1-2H3,(H2,80,83,84)/t36-,46+/m1/s1. The van der Waals surface area contributed by atoms with E-state index in [4.69, 9.17) is 10.2 Å². The average Bonchev–Trinajstić information content (AvgIpc) is 1.41. The molecule has 2 aliphatic heterocycles. The molecule has 0 saturated carbocycles. The van der Waals surface area contributed by atoms with Gasteiger partial charge in [0.15, 0.2) is 5.82 Å². The first-order chi connectivity index (χ1) is 46.8. The number of rotatable bonds is 14. The van der Waals surface area contributed by atoms with Crippen molar-refractivity contribution in [1.29, 1.82) is 0 Å². The molecular weight excluding hydrogens is 1420 g/mol. The highest BCUT2D eigenvalue weighted by atomic mass is 79.9. The number of anilines is 1. The Kier molecular flexibility index (Phi) is 16.6. The maximum atomic E-state index is 15.3. The van der Waals surface area contributed by atoms with Gasteiger partial charge in [-0.1, -0.05) is 99.8 Å². The van der Waals surface area contributed by atoms with Crippen molar-refractivity contribution in [3.05, 3.63) is 254 Å². The highest BCUT2D eigenvalue weighted by Gasteiger charge is 2.41.